The molecule has 3 heterocycles. The Bertz CT molecular complexity index is 719. The van der Waals surface area contributed by atoms with Crippen molar-refractivity contribution in [3.05, 3.63) is 48.0 Å². The molecule has 0 atom stereocenters. The minimum atomic E-state index is -0.137. The third-order valence-corrected chi connectivity index (χ3v) is 4.03. The summed E-state index contributed by atoms with van der Waals surface area (Å²) >= 11 is 0. The zero-order valence-corrected chi connectivity index (χ0v) is 13.8. The molecule has 1 aliphatic heterocycles. The Morgan fingerprint density at radius 3 is 2.29 bits per heavy atom. The van der Waals surface area contributed by atoms with Crippen LogP contribution in [0.15, 0.2) is 41.1 Å². The number of furan rings is 1. The minimum absolute atomic E-state index is 0.0584. The number of hydrogen-bond donors (Lipinski definition) is 0. The topological polar surface area (TPSA) is 69.9 Å². The van der Waals surface area contributed by atoms with Crippen LogP contribution in [0, 0.1) is 0 Å². The number of piperazine rings is 1. The number of carbonyl (C=O) groups is 2. The molecule has 24 heavy (non-hydrogen) atoms. The predicted molar refractivity (Wildman–Crippen MR) is 89.1 cm³/mol. The molecule has 0 unspecified atom stereocenters. The van der Waals surface area contributed by atoms with E-state index in [2.05, 4.69) is 4.98 Å². The SMILES string of the molecule is CN(C)c1ncccc1C(=O)N1CCN(C(=O)c2ccco2)CC1. The van der Waals surface area contributed by atoms with E-state index in [4.69, 9.17) is 4.42 Å². The smallest absolute Gasteiger partial charge is 0.289 e. The van der Waals surface area contributed by atoms with Gasteiger partial charge in [0.25, 0.3) is 11.8 Å². The Labute approximate surface area is 140 Å². The van der Waals surface area contributed by atoms with Gasteiger partial charge in [0.05, 0.1) is 11.8 Å². The molecule has 3 rings (SSSR count). The van der Waals surface area contributed by atoms with Crippen molar-refractivity contribution in [2.24, 2.45) is 0 Å². The lowest BCUT2D eigenvalue weighted by Gasteiger charge is -2.34. The van der Waals surface area contributed by atoms with Crippen LogP contribution < -0.4 is 4.90 Å². The lowest BCUT2D eigenvalue weighted by atomic mass is 10.2. The van der Waals surface area contributed by atoms with Crippen LogP contribution >= 0.6 is 0 Å². The lowest BCUT2D eigenvalue weighted by molar-refractivity contribution is 0.0518. The maximum absolute atomic E-state index is 12.8. The first-order valence-electron chi connectivity index (χ1n) is 7.82. The van der Waals surface area contributed by atoms with Crippen LogP contribution in [-0.4, -0.2) is 66.9 Å². The molecule has 2 amide bonds. The van der Waals surface area contributed by atoms with Gasteiger partial charge in [-0.25, -0.2) is 4.98 Å². The first kappa shape index (κ1) is 16.0. The summed E-state index contributed by atoms with van der Waals surface area (Å²) in [5.74, 6) is 0.785. The Morgan fingerprint density at radius 2 is 1.71 bits per heavy atom. The largest absolute Gasteiger partial charge is 0.459 e. The van der Waals surface area contributed by atoms with Gasteiger partial charge in [-0.2, -0.15) is 0 Å². The maximum Gasteiger partial charge on any atom is 0.289 e. The zero-order valence-electron chi connectivity index (χ0n) is 13.8. The molecule has 0 N–H and O–H groups in total. The summed E-state index contributed by atoms with van der Waals surface area (Å²) in [5.41, 5.74) is 0.577. The molecular formula is C17H20N4O3. The van der Waals surface area contributed by atoms with Crippen LogP contribution in [-0.2, 0) is 0 Å². The molecule has 2 aromatic heterocycles. The van der Waals surface area contributed by atoms with Gasteiger partial charge in [0, 0.05) is 46.5 Å². The molecule has 1 fully saturated rings. The number of amides is 2. The average molecular weight is 328 g/mol. The summed E-state index contributed by atoms with van der Waals surface area (Å²) in [6.45, 7) is 1.96. The van der Waals surface area contributed by atoms with Gasteiger partial charge >= 0.3 is 0 Å². The molecule has 2 aromatic rings. The molecule has 126 valence electrons. The summed E-state index contributed by atoms with van der Waals surface area (Å²) in [6.07, 6.45) is 3.16. The number of hydrogen-bond acceptors (Lipinski definition) is 5. The molecule has 7 nitrogen and oxygen atoms in total. The fourth-order valence-electron chi connectivity index (χ4n) is 2.76. The van der Waals surface area contributed by atoms with Gasteiger partial charge in [0.1, 0.15) is 5.82 Å². The standard InChI is InChI=1S/C17H20N4O3/c1-19(2)15-13(5-3-7-18-15)16(22)20-8-10-21(11-9-20)17(23)14-6-4-12-24-14/h3-7,12H,8-11H2,1-2H3. The van der Waals surface area contributed by atoms with Crippen LogP contribution in [0.25, 0.3) is 0 Å². The highest BCUT2D eigenvalue weighted by molar-refractivity contribution is 5.99. The van der Waals surface area contributed by atoms with Crippen molar-refractivity contribution < 1.29 is 14.0 Å². The predicted octanol–water partition coefficient (Wildman–Crippen LogP) is 1.34. The normalized spacial score (nSPS) is 14.6. The van der Waals surface area contributed by atoms with Crippen molar-refractivity contribution in [2.45, 2.75) is 0 Å². The molecule has 0 aromatic carbocycles. The van der Waals surface area contributed by atoms with Gasteiger partial charge in [-0.1, -0.05) is 0 Å². The van der Waals surface area contributed by atoms with E-state index in [1.54, 1.807) is 40.3 Å². The molecule has 0 spiro atoms. The van der Waals surface area contributed by atoms with Crippen LogP contribution in [0.4, 0.5) is 5.82 Å². The summed E-state index contributed by atoms with van der Waals surface area (Å²) < 4.78 is 5.15. The van der Waals surface area contributed by atoms with E-state index in [0.29, 0.717) is 43.3 Å². The molecule has 1 saturated heterocycles. The zero-order chi connectivity index (χ0) is 17.1. The van der Waals surface area contributed by atoms with Gasteiger partial charge in [-0.15, -0.1) is 0 Å². The Kier molecular flexibility index (Phi) is 4.50. The summed E-state index contributed by atoms with van der Waals surface area (Å²) in [5, 5.41) is 0. The van der Waals surface area contributed by atoms with E-state index in [1.807, 2.05) is 19.0 Å². The molecule has 0 saturated carbocycles. The van der Waals surface area contributed by atoms with E-state index in [0.717, 1.165) is 0 Å². The monoisotopic (exact) mass is 328 g/mol. The van der Waals surface area contributed by atoms with E-state index >= 15 is 0 Å². The first-order valence-corrected chi connectivity index (χ1v) is 7.82. The van der Waals surface area contributed by atoms with Gasteiger partial charge < -0.3 is 19.1 Å². The number of anilines is 1. The van der Waals surface area contributed by atoms with Gasteiger partial charge in [0.15, 0.2) is 5.76 Å². The highest BCUT2D eigenvalue weighted by Crippen LogP contribution is 2.18. The third-order valence-electron chi connectivity index (χ3n) is 4.03. The Hall–Kier alpha value is -2.83. The van der Waals surface area contributed by atoms with E-state index < -0.39 is 0 Å². The van der Waals surface area contributed by atoms with Gasteiger partial charge in [-0.05, 0) is 24.3 Å². The van der Waals surface area contributed by atoms with Crippen LogP contribution in [0.5, 0.6) is 0 Å². The number of rotatable bonds is 3. The Morgan fingerprint density at radius 1 is 1.04 bits per heavy atom. The number of aromatic nitrogens is 1. The molecule has 0 radical (unpaired) electrons. The average Bonchev–Trinajstić information content (AvgIpc) is 3.15. The van der Waals surface area contributed by atoms with Crippen LogP contribution in [0.2, 0.25) is 0 Å². The molecule has 1 aliphatic rings. The molecule has 7 heteroatoms. The van der Waals surface area contributed by atoms with Crippen LogP contribution in [0.1, 0.15) is 20.9 Å². The molecule has 0 bridgehead atoms. The van der Waals surface area contributed by atoms with Gasteiger partial charge in [0.2, 0.25) is 0 Å². The third kappa shape index (κ3) is 3.10. The second-order valence-electron chi connectivity index (χ2n) is 5.83. The second-order valence-corrected chi connectivity index (χ2v) is 5.83. The quantitative estimate of drug-likeness (QED) is 0.850. The van der Waals surface area contributed by atoms with Crippen molar-refractivity contribution in [3.8, 4) is 0 Å². The highest BCUT2D eigenvalue weighted by atomic mass is 16.3. The fourth-order valence-corrected chi connectivity index (χ4v) is 2.76. The van der Waals surface area contributed by atoms with Crippen molar-refractivity contribution in [1.29, 1.82) is 0 Å². The summed E-state index contributed by atoms with van der Waals surface area (Å²) in [6, 6.07) is 6.89. The Balaban J connectivity index is 1.67. The van der Waals surface area contributed by atoms with E-state index in [-0.39, 0.29) is 11.8 Å². The fraction of sp³-hybridized carbons (Fsp3) is 0.353. The highest BCUT2D eigenvalue weighted by Gasteiger charge is 2.28. The lowest BCUT2D eigenvalue weighted by Crippen LogP contribution is -2.50. The van der Waals surface area contributed by atoms with Crippen molar-refractivity contribution in [1.82, 2.24) is 14.8 Å². The minimum Gasteiger partial charge on any atom is -0.459 e. The van der Waals surface area contributed by atoms with Crippen molar-refractivity contribution in [3.63, 3.8) is 0 Å². The molecule has 0 aliphatic carbocycles. The first-order chi connectivity index (χ1) is 11.6. The maximum atomic E-state index is 12.8. The number of nitrogens with zero attached hydrogens (tertiary/aromatic N) is 4. The van der Waals surface area contributed by atoms with Crippen LogP contribution in [0.3, 0.4) is 0 Å². The second kappa shape index (κ2) is 6.74. The molecular weight excluding hydrogens is 308 g/mol. The van der Waals surface area contributed by atoms with E-state index in [9.17, 15) is 9.59 Å². The summed E-state index contributed by atoms with van der Waals surface area (Å²) in [7, 11) is 3.72. The summed E-state index contributed by atoms with van der Waals surface area (Å²) in [4.78, 5) is 34.6. The number of carbonyl (C=O) groups excluding carboxylic acids is 2. The number of pyridine rings is 1. The van der Waals surface area contributed by atoms with Crippen molar-refractivity contribution in [2.75, 3.05) is 45.2 Å². The van der Waals surface area contributed by atoms with Crippen molar-refractivity contribution >= 4 is 17.6 Å². The van der Waals surface area contributed by atoms with E-state index in [1.165, 1.54) is 6.26 Å². The van der Waals surface area contributed by atoms with Gasteiger partial charge in [-0.3, -0.25) is 9.59 Å².